The van der Waals surface area contributed by atoms with Gasteiger partial charge in [-0.1, -0.05) is 56.8 Å². The summed E-state index contributed by atoms with van der Waals surface area (Å²) in [6.07, 6.45) is 2.36. The molecule has 2 rings (SSSR count). The molecule has 6 nitrogen and oxygen atoms in total. The molecule has 1 aromatic carbocycles. The lowest BCUT2D eigenvalue weighted by atomic mass is 9.95. The lowest BCUT2D eigenvalue weighted by Gasteiger charge is -2.23. The lowest BCUT2D eigenvalue weighted by molar-refractivity contribution is -0.119. The third kappa shape index (κ3) is 5.20. The number of anilines is 1. The first-order valence-corrected chi connectivity index (χ1v) is 9.46. The zero-order valence-corrected chi connectivity index (χ0v) is 16.0. The number of nitrogens with zero attached hydrogens (tertiary/aromatic N) is 3. The van der Waals surface area contributed by atoms with Crippen molar-refractivity contribution in [1.29, 1.82) is 5.26 Å². The SMILES string of the molecule is CCc1ccc([C@@H](NC(=O)CSc2ncc(C#N)c(N)n2)C(C)C)cc1. The second-order valence-corrected chi connectivity index (χ2v) is 7.18. The number of benzene rings is 1. The number of hydrogen-bond donors (Lipinski definition) is 2. The fraction of sp³-hybridized carbons (Fsp3) is 0.368. The van der Waals surface area contributed by atoms with E-state index in [1.165, 1.54) is 23.5 Å². The molecule has 0 aliphatic carbocycles. The fourth-order valence-corrected chi connectivity index (χ4v) is 3.11. The van der Waals surface area contributed by atoms with Gasteiger partial charge in [0.05, 0.1) is 18.0 Å². The summed E-state index contributed by atoms with van der Waals surface area (Å²) in [7, 11) is 0. The molecule has 0 saturated carbocycles. The van der Waals surface area contributed by atoms with Crippen molar-refractivity contribution < 1.29 is 4.79 Å². The van der Waals surface area contributed by atoms with E-state index in [2.05, 4.69) is 60.3 Å². The van der Waals surface area contributed by atoms with Crippen molar-refractivity contribution in [2.24, 2.45) is 5.92 Å². The number of nitrogen functional groups attached to an aromatic ring is 1. The fourth-order valence-electron chi connectivity index (χ4n) is 2.47. The van der Waals surface area contributed by atoms with Crippen molar-refractivity contribution in [3.63, 3.8) is 0 Å². The minimum absolute atomic E-state index is 0.0547. The van der Waals surface area contributed by atoms with Gasteiger partial charge >= 0.3 is 0 Å². The van der Waals surface area contributed by atoms with E-state index in [9.17, 15) is 4.79 Å². The highest BCUT2D eigenvalue weighted by molar-refractivity contribution is 7.99. The van der Waals surface area contributed by atoms with Crippen LogP contribution in [0.15, 0.2) is 35.6 Å². The molecule has 3 N–H and O–H groups in total. The van der Waals surface area contributed by atoms with Crippen LogP contribution < -0.4 is 11.1 Å². The van der Waals surface area contributed by atoms with Gasteiger partial charge in [-0.3, -0.25) is 4.79 Å². The monoisotopic (exact) mass is 369 g/mol. The molecule has 1 heterocycles. The second-order valence-electron chi connectivity index (χ2n) is 6.24. The van der Waals surface area contributed by atoms with Crippen molar-refractivity contribution in [2.45, 2.75) is 38.4 Å². The number of thioether (sulfide) groups is 1. The van der Waals surface area contributed by atoms with Crippen LogP contribution in [0.3, 0.4) is 0 Å². The van der Waals surface area contributed by atoms with E-state index in [1.807, 2.05) is 6.07 Å². The van der Waals surface area contributed by atoms with E-state index in [0.29, 0.717) is 5.16 Å². The Hall–Kier alpha value is -2.59. The Morgan fingerprint density at radius 2 is 2.04 bits per heavy atom. The number of aryl methyl sites for hydroxylation is 1. The van der Waals surface area contributed by atoms with Gasteiger partial charge in [0.1, 0.15) is 17.5 Å². The average molecular weight is 369 g/mol. The smallest absolute Gasteiger partial charge is 0.230 e. The standard InChI is InChI=1S/C19H23N5OS/c1-4-13-5-7-14(8-6-13)17(12(2)3)23-16(25)11-26-19-22-10-15(9-20)18(21)24-19/h5-8,10,12,17H,4,11H2,1-3H3,(H,23,25)(H2,21,22,24)/t17-/m0/s1. The molecule has 1 amide bonds. The van der Waals surface area contributed by atoms with Gasteiger partial charge in [0, 0.05) is 0 Å². The highest BCUT2D eigenvalue weighted by Gasteiger charge is 2.18. The van der Waals surface area contributed by atoms with Crippen LogP contribution in [0.1, 0.15) is 43.5 Å². The van der Waals surface area contributed by atoms with E-state index in [0.717, 1.165) is 12.0 Å². The largest absolute Gasteiger partial charge is 0.382 e. The van der Waals surface area contributed by atoms with Crippen LogP contribution in [0.4, 0.5) is 5.82 Å². The summed E-state index contributed by atoms with van der Waals surface area (Å²) in [6.45, 7) is 6.28. The van der Waals surface area contributed by atoms with Gasteiger partial charge in [-0.25, -0.2) is 9.97 Å². The van der Waals surface area contributed by atoms with E-state index in [1.54, 1.807) is 0 Å². The van der Waals surface area contributed by atoms with E-state index in [4.69, 9.17) is 11.0 Å². The minimum atomic E-state index is -0.0974. The molecule has 1 aromatic heterocycles. The molecule has 0 aliphatic rings. The maximum Gasteiger partial charge on any atom is 0.230 e. The Bertz CT molecular complexity index is 799. The Balaban J connectivity index is 1.99. The van der Waals surface area contributed by atoms with Gasteiger partial charge in [-0.2, -0.15) is 5.26 Å². The van der Waals surface area contributed by atoms with Crippen molar-refractivity contribution in [3.05, 3.63) is 47.2 Å². The summed E-state index contributed by atoms with van der Waals surface area (Å²) in [5, 5.41) is 12.3. The van der Waals surface area contributed by atoms with Gasteiger partial charge < -0.3 is 11.1 Å². The number of carbonyl (C=O) groups excluding carboxylic acids is 1. The molecule has 0 unspecified atom stereocenters. The molecule has 0 saturated heterocycles. The molecule has 0 radical (unpaired) electrons. The van der Waals surface area contributed by atoms with Crippen LogP contribution in [0, 0.1) is 17.2 Å². The highest BCUT2D eigenvalue weighted by atomic mass is 32.2. The Morgan fingerprint density at radius 1 is 1.35 bits per heavy atom. The zero-order valence-electron chi connectivity index (χ0n) is 15.2. The summed E-state index contributed by atoms with van der Waals surface area (Å²) in [4.78, 5) is 20.4. The molecule has 136 valence electrons. The van der Waals surface area contributed by atoms with Crippen molar-refractivity contribution >= 4 is 23.5 Å². The third-order valence-corrected chi connectivity index (χ3v) is 4.84. The summed E-state index contributed by atoms with van der Waals surface area (Å²) < 4.78 is 0. The van der Waals surface area contributed by atoms with Crippen molar-refractivity contribution in [3.8, 4) is 6.07 Å². The molecule has 2 aromatic rings. The first-order chi connectivity index (χ1) is 12.4. The van der Waals surface area contributed by atoms with Gasteiger partial charge in [0.25, 0.3) is 0 Å². The van der Waals surface area contributed by atoms with Crippen LogP contribution in [0.5, 0.6) is 0 Å². The third-order valence-electron chi connectivity index (χ3n) is 3.98. The molecular formula is C19H23N5OS. The van der Waals surface area contributed by atoms with Crippen LogP contribution in [0.25, 0.3) is 0 Å². The van der Waals surface area contributed by atoms with E-state index in [-0.39, 0.29) is 35.0 Å². The number of nitrogens with one attached hydrogen (secondary N) is 1. The van der Waals surface area contributed by atoms with Crippen molar-refractivity contribution in [1.82, 2.24) is 15.3 Å². The first kappa shape index (κ1) is 19.7. The quantitative estimate of drug-likeness (QED) is 0.574. The summed E-state index contributed by atoms with van der Waals surface area (Å²) in [5.74, 6) is 0.473. The number of nitrogens with two attached hydrogens (primary N) is 1. The van der Waals surface area contributed by atoms with Crippen LogP contribution in [0.2, 0.25) is 0 Å². The second kappa shape index (κ2) is 9.20. The maximum absolute atomic E-state index is 12.4. The predicted octanol–water partition coefficient (Wildman–Crippen LogP) is 3.10. The van der Waals surface area contributed by atoms with Crippen LogP contribution in [-0.2, 0) is 11.2 Å². The Labute approximate surface area is 158 Å². The lowest BCUT2D eigenvalue weighted by Crippen LogP contribution is -2.33. The van der Waals surface area contributed by atoms with Gasteiger partial charge in [0.15, 0.2) is 5.16 Å². The molecular weight excluding hydrogens is 346 g/mol. The highest BCUT2D eigenvalue weighted by Crippen LogP contribution is 2.23. The predicted molar refractivity (Wildman–Crippen MR) is 103 cm³/mol. The minimum Gasteiger partial charge on any atom is -0.382 e. The van der Waals surface area contributed by atoms with Gasteiger partial charge in [0.2, 0.25) is 5.91 Å². The first-order valence-electron chi connectivity index (χ1n) is 8.48. The molecule has 0 aliphatic heterocycles. The summed E-state index contributed by atoms with van der Waals surface area (Å²) >= 11 is 1.19. The molecule has 0 spiro atoms. The van der Waals surface area contributed by atoms with E-state index >= 15 is 0 Å². The van der Waals surface area contributed by atoms with Crippen LogP contribution >= 0.6 is 11.8 Å². The number of hydrogen-bond acceptors (Lipinski definition) is 6. The van der Waals surface area contributed by atoms with Gasteiger partial charge in [-0.15, -0.1) is 0 Å². The zero-order chi connectivity index (χ0) is 19.1. The maximum atomic E-state index is 12.4. The Kier molecular flexibility index (Phi) is 6.98. The average Bonchev–Trinajstić information content (AvgIpc) is 2.64. The number of nitriles is 1. The molecule has 1 atom stereocenters. The summed E-state index contributed by atoms with van der Waals surface area (Å²) in [5.41, 5.74) is 8.27. The Morgan fingerprint density at radius 3 is 2.58 bits per heavy atom. The van der Waals surface area contributed by atoms with Crippen LogP contribution in [-0.4, -0.2) is 21.6 Å². The van der Waals surface area contributed by atoms with Gasteiger partial charge in [-0.05, 0) is 23.5 Å². The number of amides is 1. The number of carbonyl (C=O) groups is 1. The molecule has 0 fully saturated rings. The molecule has 7 heteroatoms. The summed E-state index contributed by atoms with van der Waals surface area (Å²) in [6, 6.07) is 10.2. The number of rotatable bonds is 7. The normalized spacial score (nSPS) is 11.8. The van der Waals surface area contributed by atoms with Crippen molar-refractivity contribution in [2.75, 3.05) is 11.5 Å². The number of aromatic nitrogens is 2. The van der Waals surface area contributed by atoms with E-state index < -0.39 is 0 Å². The topological polar surface area (TPSA) is 105 Å². The molecule has 0 bridgehead atoms. The molecule has 26 heavy (non-hydrogen) atoms.